The molecule has 0 spiro atoms. The summed E-state index contributed by atoms with van der Waals surface area (Å²) in [4.78, 5) is 0. The predicted octanol–water partition coefficient (Wildman–Crippen LogP) is 4.60. The summed E-state index contributed by atoms with van der Waals surface area (Å²) in [6, 6.07) is 0. The smallest absolute Gasteiger partial charge is 0.209 e. The van der Waals surface area contributed by atoms with Gasteiger partial charge in [0.2, 0.25) is 0 Å². The summed E-state index contributed by atoms with van der Waals surface area (Å²) in [6.07, 6.45) is -0.766. The first-order chi connectivity index (χ1) is 5.87. The number of alkyl halides is 2. The van der Waals surface area contributed by atoms with Crippen LogP contribution in [0.15, 0.2) is 0 Å². The van der Waals surface area contributed by atoms with Gasteiger partial charge in [-0.25, -0.2) is 8.78 Å². The highest BCUT2D eigenvalue weighted by Gasteiger charge is 2.23. The van der Waals surface area contributed by atoms with E-state index in [0.717, 1.165) is 6.42 Å². The van der Waals surface area contributed by atoms with Crippen molar-refractivity contribution in [2.75, 3.05) is 0 Å². The van der Waals surface area contributed by atoms with Crippen molar-refractivity contribution in [2.45, 2.75) is 57.0 Å². The third-order valence-electron chi connectivity index (χ3n) is 1.28. The zero-order valence-corrected chi connectivity index (χ0v) is 10.3. The van der Waals surface area contributed by atoms with Crippen LogP contribution in [0.25, 0.3) is 0 Å². The summed E-state index contributed by atoms with van der Waals surface area (Å²) in [5.41, 5.74) is 0. The monoisotopic (exact) mass is 228 g/mol. The van der Waals surface area contributed by atoms with Crippen molar-refractivity contribution in [2.24, 2.45) is 0 Å². The third kappa shape index (κ3) is 7.62. The Kier molecular flexibility index (Phi) is 6.38. The maximum atomic E-state index is 12.4. The van der Waals surface area contributed by atoms with Crippen molar-refractivity contribution in [3.63, 3.8) is 0 Å². The molecule has 0 fully saturated rings. The van der Waals surface area contributed by atoms with Gasteiger partial charge in [-0.05, 0) is 6.42 Å². The molecule has 0 heterocycles. The molecule has 0 bridgehead atoms. The molecule has 0 aromatic rings. The fourth-order valence-electron chi connectivity index (χ4n) is 0.707. The first kappa shape index (κ1) is 13.6. The Labute approximate surface area is 87.6 Å². The number of halogens is 2. The summed E-state index contributed by atoms with van der Waals surface area (Å²) >= 11 is 0. The highest BCUT2D eigenvalue weighted by atomic mass is 33.1. The molecule has 0 amide bonds. The molecule has 0 aliphatic rings. The van der Waals surface area contributed by atoms with Crippen LogP contribution >= 0.6 is 21.6 Å². The van der Waals surface area contributed by atoms with Crippen LogP contribution in [0.2, 0.25) is 0 Å². The van der Waals surface area contributed by atoms with E-state index in [9.17, 15) is 8.78 Å². The van der Waals surface area contributed by atoms with Gasteiger partial charge in [0, 0.05) is 4.75 Å². The van der Waals surface area contributed by atoms with Crippen molar-refractivity contribution in [1.82, 2.24) is 0 Å². The molecule has 4 heteroatoms. The second kappa shape index (κ2) is 6.12. The van der Waals surface area contributed by atoms with Gasteiger partial charge in [-0.15, -0.1) is 0 Å². The number of hydrogen-bond acceptors (Lipinski definition) is 2. The Morgan fingerprint density at radius 1 is 1.23 bits per heavy atom. The molecular formula is C9H18F2S2. The molecule has 0 aliphatic heterocycles. The average molecular weight is 228 g/mol. The van der Waals surface area contributed by atoms with Crippen molar-refractivity contribution >= 4 is 21.6 Å². The molecule has 0 aromatic heterocycles. The Bertz CT molecular complexity index is 132. The van der Waals surface area contributed by atoms with Crippen LogP contribution in [-0.4, -0.2) is 16.4 Å². The summed E-state index contributed by atoms with van der Waals surface area (Å²) in [5, 5.41) is -0.505. The van der Waals surface area contributed by atoms with Gasteiger partial charge in [0.15, 0.2) is 0 Å². The van der Waals surface area contributed by atoms with Gasteiger partial charge in [0.1, 0.15) is 0 Å². The quantitative estimate of drug-likeness (QED) is 0.631. The maximum Gasteiger partial charge on any atom is 0.251 e. The lowest BCUT2D eigenvalue weighted by molar-refractivity contribution is 0.142. The normalized spacial score (nSPS) is 15.0. The van der Waals surface area contributed by atoms with Crippen LogP contribution in [-0.2, 0) is 0 Å². The van der Waals surface area contributed by atoms with Crippen LogP contribution in [0, 0.1) is 0 Å². The van der Waals surface area contributed by atoms with Gasteiger partial charge in [-0.3, -0.25) is 0 Å². The van der Waals surface area contributed by atoms with Crippen LogP contribution in [0.3, 0.4) is 0 Å². The van der Waals surface area contributed by atoms with Crippen molar-refractivity contribution < 1.29 is 8.78 Å². The standard InChI is InChI=1S/C9H18F2S2/c1-5-6-7(8(10)11)12-13-9(2,3)4/h7-8H,5-6H2,1-4H3. The molecule has 0 N–H and O–H groups in total. The van der Waals surface area contributed by atoms with Crippen molar-refractivity contribution in [1.29, 1.82) is 0 Å². The fraction of sp³-hybridized carbons (Fsp3) is 1.00. The largest absolute Gasteiger partial charge is 0.251 e. The highest BCUT2D eigenvalue weighted by molar-refractivity contribution is 8.77. The summed E-state index contributed by atoms with van der Waals surface area (Å²) in [6.45, 7) is 8.06. The maximum absolute atomic E-state index is 12.4. The Balaban J connectivity index is 3.82. The third-order valence-corrected chi connectivity index (χ3v) is 5.09. The first-order valence-electron chi connectivity index (χ1n) is 4.49. The summed E-state index contributed by atoms with van der Waals surface area (Å²) in [5.74, 6) is 0. The van der Waals surface area contributed by atoms with Gasteiger partial charge in [-0.1, -0.05) is 55.7 Å². The molecule has 80 valence electrons. The predicted molar refractivity (Wildman–Crippen MR) is 59.6 cm³/mol. The molecule has 1 atom stereocenters. The van der Waals surface area contributed by atoms with E-state index in [1.165, 1.54) is 10.8 Å². The van der Waals surface area contributed by atoms with E-state index < -0.39 is 11.7 Å². The Hall–Kier alpha value is 0.560. The summed E-state index contributed by atoms with van der Waals surface area (Å²) in [7, 11) is 2.87. The molecule has 0 radical (unpaired) electrons. The van der Waals surface area contributed by atoms with Gasteiger partial charge >= 0.3 is 0 Å². The van der Waals surface area contributed by atoms with Crippen LogP contribution in [0.5, 0.6) is 0 Å². The minimum Gasteiger partial charge on any atom is -0.209 e. The second-order valence-electron chi connectivity index (χ2n) is 3.95. The van der Waals surface area contributed by atoms with Crippen LogP contribution in [0.4, 0.5) is 8.78 Å². The van der Waals surface area contributed by atoms with Gasteiger partial charge in [0.05, 0.1) is 5.25 Å². The van der Waals surface area contributed by atoms with Crippen LogP contribution in [0.1, 0.15) is 40.5 Å². The molecule has 0 saturated carbocycles. The average Bonchev–Trinajstić information content (AvgIpc) is 1.95. The van der Waals surface area contributed by atoms with E-state index in [-0.39, 0.29) is 4.75 Å². The highest BCUT2D eigenvalue weighted by Crippen LogP contribution is 2.41. The zero-order valence-electron chi connectivity index (χ0n) is 8.64. The zero-order chi connectivity index (χ0) is 10.5. The van der Waals surface area contributed by atoms with E-state index in [2.05, 4.69) is 0 Å². The van der Waals surface area contributed by atoms with Crippen molar-refractivity contribution in [3.05, 3.63) is 0 Å². The minimum absolute atomic E-state index is 0.0611. The molecule has 0 aliphatic carbocycles. The lowest BCUT2D eigenvalue weighted by Gasteiger charge is -2.21. The topological polar surface area (TPSA) is 0 Å². The second-order valence-corrected chi connectivity index (χ2v) is 7.22. The molecule has 0 aromatic carbocycles. The Morgan fingerprint density at radius 2 is 1.77 bits per heavy atom. The van der Waals surface area contributed by atoms with E-state index in [1.54, 1.807) is 10.8 Å². The van der Waals surface area contributed by atoms with Gasteiger partial charge in [0.25, 0.3) is 6.43 Å². The molecule has 0 rings (SSSR count). The van der Waals surface area contributed by atoms with E-state index in [1.807, 2.05) is 27.7 Å². The molecule has 13 heavy (non-hydrogen) atoms. The van der Waals surface area contributed by atoms with Crippen molar-refractivity contribution in [3.8, 4) is 0 Å². The van der Waals surface area contributed by atoms with E-state index in [4.69, 9.17) is 0 Å². The molecule has 0 nitrogen and oxygen atoms in total. The van der Waals surface area contributed by atoms with E-state index >= 15 is 0 Å². The lowest BCUT2D eigenvalue weighted by atomic mass is 10.2. The number of hydrogen-bond donors (Lipinski definition) is 0. The number of rotatable bonds is 5. The summed E-state index contributed by atoms with van der Waals surface area (Å²) < 4.78 is 24.9. The minimum atomic E-state index is -2.19. The molecule has 1 unspecified atom stereocenters. The molecule has 0 saturated heterocycles. The van der Waals surface area contributed by atoms with Crippen LogP contribution < -0.4 is 0 Å². The molecular weight excluding hydrogens is 210 g/mol. The Morgan fingerprint density at radius 3 is 2.08 bits per heavy atom. The van der Waals surface area contributed by atoms with Gasteiger partial charge in [-0.2, -0.15) is 0 Å². The lowest BCUT2D eigenvalue weighted by Crippen LogP contribution is -2.14. The van der Waals surface area contributed by atoms with E-state index in [0.29, 0.717) is 6.42 Å². The van der Waals surface area contributed by atoms with Gasteiger partial charge < -0.3 is 0 Å². The first-order valence-corrected chi connectivity index (χ1v) is 6.70. The fourth-order valence-corrected chi connectivity index (χ4v) is 3.31. The SMILES string of the molecule is CCCC(SSC(C)(C)C)C(F)F.